The van der Waals surface area contributed by atoms with Crippen LogP contribution in [0.1, 0.15) is 18.4 Å². The van der Waals surface area contributed by atoms with Crippen molar-refractivity contribution in [2.45, 2.75) is 19.8 Å². The van der Waals surface area contributed by atoms with Crippen molar-refractivity contribution in [1.82, 2.24) is 14.9 Å². The molecule has 0 spiro atoms. The Balaban J connectivity index is 1.50. The van der Waals surface area contributed by atoms with Crippen LogP contribution in [0.2, 0.25) is 0 Å². The number of nitrogen functional groups attached to an aromatic ring is 1. The third-order valence-electron chi connectivity index (χ3n) is 4.00. The molecule has 0 saturated carbocycles. The number of aryl methyl sites for hydroxylation is 1. The summed E-state index contributed by atoms with van der Waals surface area (Å²) in [6.45, 7) is 6.01. The van der Waals surface area contributed by atoms with Gasteiger partial charge >= 0.3 is 0 Å². The molecule has 0 radical (unpaired) electrons. The van der Waals surface area contributed by atoms with E-state index in [4.69, 9.17) is 10.5 Å². The number of likely N-dealkylation sites (tertiary alicyclic amines) is 1. The second-order valence-corrected chi connectivity index (χ2v) is 5.81. The zero-order valence-electron chi connectivity index (χ0n) is 13.5. The quantitative estimate of drug-likeness (QED) is 0.853. The van der Waals surface area contributed by atoms with E-state index in [1.165, 1.54) is 25.9 Å². The zero-order chi connectivity index (χ0) is 16.1. The van der Waals surface area contributed by atoms with Crippen LogP contribution < -0.4 is 15.8 Å². The number of nitrogens with two attached hydrogens (primary N) is 1. The number of benzene rings is 1. The fourth-order valence-corrected chi connectivity index (χ4v) is 2.58. The second kappa shape index (κ2) is 7.28. The lowest BCUT2D eigenvalue weighted by Gasteiger charge is -2.15. The molecule has 3 rings (SSSR count). The molecule has 0 atom stereocenters. The highest BCUT2D eigenvalue weighted by Gasteiger charge is 2.10. The van der Waals surface area contributed by atoms with Crippen molar-refractivity contribution in [3.8, 4) is 5.75 Å². The molecule has 1 aromatic carbocycles. The molecule has 1 saturated heterocycles. The largest absolute Gasteiger partial charge is 0.492 e. The number of anilines is 3. The first-order chi connectivity index (χ1) is 11.2. The van der Waals surface area contributed by atoms with E-state index >= 15 is 0 Å². The summed E-state index contributed by atoms with van der Waals surface area (Å²) >= 11 is 0. The third-order valence-corrected chi connectivity index (χ3v) is 4.00. The van der Waals surface area contributed by atoms with Gasteiger partial charge in [-0.3, -0.25) is 4.90 Å². The van der Waals surface area contributed by atoms with Gasteiger partial charge in [0.15, 0.2) is 0 Å². The fourth-order valence-electron chi connectivity index (χ4n) is 2.58. The summed E-state index contributed by atoms with van der Waals surface area (Å²) in [6, 6.07) is 7.79. The van der Waals surface area contributed by atoms with E-state index in [1.807, 2.05) is 31.2 Å². The van der Waals surface area contributed by atoms with E-state index in [2.05, 4.69) is 20.2 Å². The Hall–Kier alpha value is -2.34. The van der Waals surface area contributed by atoms with Crippen molar-refractivity contribution in [3.63, 3.8) is 0 Å². The Morgan fingerprint density at radius 2 is 1.96 bits per heavy atom. The average molecular weight is 313 g/mol. The standard InChI is InChI=1S/C17H23N5O/c1-13-12-19-17(21-16(13)18)20-14-4-6-15(7-5-14)23-11-10-22-8-2-3-9-22/h4-7,12H,2-3,8-11H2,1H3,(H3,18,19,20,21). The van der Waals surface area contributed by atoms with Crippen LogP contribution in [-0.2, 0) is 0 Å². The van der Waals surface area contributed by atoms with Gasteiger partial charge in [-0.25, -0.2) is 4.98 Å². The average Bonchev–Trinajstić information content (AvgIpc) is 3.06. The molecular formula is C17H23N5O. The summed E-state index contributed by atoms with van der Waals surface area (Å²) in [5, 5.41) is 3.13. The summed E-state index contributed by atoms with van der Waals surface area (Å²) < 4.78 is 5.79. The van der Waals surface area contributed by atoms with E-state index in [1.54, 1.807) is 6.20 Å². The zero-order valence-corrected chi connectivity index (χ0v) is 13.5. The first-order valence-corrected chi connectivity index (χ1v) is 8.02. The highest BCUT2D eigenvalue weighted by molar-refractivity contribution is 5.56. The minimum Gasteiger partial charge on any atom is -0.492 e. The van der Waals surface area contributed by atoms with Crippen molar-refractivity contribution < 1.29 is 4.74 Å². The minimum atomic E-state index is 0.490. The van der Waals surface area contributed by atoms with Crippen molar-refractivity contribution in [1.29, 1.82) is 0 Å². The van der Waals surface area contributed by atoms with Crippen molar-refractivity contribution in [2.75, 3.05) is 37.3 Å². The molecule has 2 aromatic rings. The van der Waals surface area contributed by atoms with Crippen molar-refractivity contribution in [3.05, 3.63) is 36.0 Å². The first-order valence-electron chi connectivity index (χ1n) is 8.02. The predicted molar refractivity (Wildman–Crippen MR) is 92.1 cm³/mol. The van der Waals surface area contributed by atoms with Crippen molar-refractivity contribution in [2.24, 2.45) is 0 Å². The molecule has 0 aliphatic carbocycles. The molecule has 1 aromatic heterocycles. The lowest BCUT2D eigenvalue weighted by atomic mass is 10.3. The van der Waals surface area contributed by atoms with Gasteiger partial charge in [-0.2, -0.15) is 4.98 Å². The van der Waals surface area contributed by atoms with Crippen LogP contribution in [0, 0.1) is 6.92 Å². The Morgan fingerprint density at radius 1 is 1.22 bits per heavy atom. The Labute approximate surface area is 136 Å². The van der Waals surface area contributed by atoms with Crippen molar-refractivity contribution >= 4 is 17.5 Å². The van der Waals surface area contributed by atoms with Crippen LogP contribution >= 0.6 is 0 Å². The predicted octanol–water partition coefficient (Wildman–Crippen LogP) is 2.59. The van der Waals surface area contributed by atoms with E-state index in [0.29, 0.717) is 11.8 Å². The van der Waals surface area contributed by atoms with Gasteiger partial charge in [-0.1, -0.05) is 0 Å². The molecule has 0 bridgehead atoms. The molecule has 3 N–H and O–H groups in total. The van der Waals surface area contributed by atoms with Gasteiger partial charge in [0.05, 0.1) is 0 Å². The van der Waals surface area contributed by atoms with E-state index in [0.717, 1.165) is 30.2 Å². The van der Waals surface area contributed by atoms with E-state index in [9.17, 15) is 0 Å². The summed E-state index contributed by atoms with van der Waals surface area (Å²) in [5.74, 6) is 1.86. The summed E-state index contributed by atoms with van der Waals surface area (Å²) in [4.78, 5) is 10.9. The maximum atomic E-state index is 5.79. The molecule has 1 fully saturated rings. The topological polar surface area (TPSA) is 76.3 Å². The van der Waals surface area contributed by atoms with Gasteiger partial charge in [0, 0.05) is 24.0 Å². The van der Waals surface area contributed by atoms with Gasteiger partial charge in [0.25, 0.3) is 0 Å². The second-order valence-electron chi connectivity index (χ2n) is 5.81. The molecule has 6 nitrogen and oxygen atoms in total. The lowest BCUT2D eigenvalue weighted by Crippen LogP contribution is -2.25. The molecule has 1 aliphatic rings. The third kappa shape index (κ3) is 4.32. The lowest BCUT2D eigenvalue weighted by molar-refractivity contribution is 0.238. The number of nitrogens with one attached hydrogen (secondary N) is 1. The van der Waals surface area contributed by atoms with Gasteiger partial charge in [-0.05, 0) is 57.1 Å². The van der Waals surface area contributed by atoms with Gasteiger partial charge in [0.1, 0.15) is 18.2 Å². The highest BCUT2D eigenvalue weighted by Crippen LogP contribution is 2.19. The van der Waals surface area contributed by atoms with Crippen LogP contribution in [0.3, 0.4) is 0 Å². The molecule has 6 heteroatoms. The van der Waals surface area contributed by atoms with Crippen LogP contribution in [0.25, 0.3) is 0 Å². The van der Waals surface area contributed by atoms with E-state index in [-0.39, 0.29) is 0 Å². The summed E-state index contributed by atoms with van der Waals surface area (Å²) in [7, 11) is 0. The molecule has 2 heterocycles. The molecule has 0 amide bonds. The number of nitrogens with zero attached hydrogens (tertiary/aromatic N) is 3. The first kappa shape index (κ1) is 15.6. The monoisotopic (exact) mass is 313 g/mol. The maximum Gasteiger partial charge on any atom is 0.229 e. The highest BCUT2D eigenvalue weighted by atomic mass is 16.5. The number of ether oxygens (including phenoxy) is 1. The Bertz CT molecular complexity index is 638. The molecule has 23 heavy (non-hydrogen) atoms. The number of hydrogen-bond donors (Lipinski definition) is 2. The molecule has 0 unspecified atom stereocenters. The van der Waals surface area contributed by atoms with Gasteiger partial charge in [0.2, 0.25) is 5.95 Å². The number of aromatic nitrogens is 2. The smallest absolute Gasteiger partial charge is 0.229 e. The number of rotatable bonds is 6. The SMILES string of the molecule is Cc1cnc(Nc2ccc(OCCN3CCCC3)cc2)nc1N. The van der Waals surface area contributed by atoms with Crippen LogP contribution in [0.4, 0.5) is 17.5 Å². The fraction of sp³-hybridized carbons (Fsp3) is 0.412. The van der Waals surface area contributed by atoms with Gasteiger partial charge < -0.3 is 15.8 Å². The normalized spacial score (nSPS) is 14.8. The van der Waals surface area contributed by atoms with E-state index < -0.39 is 0 Å². The van der Waals surface area contributed by atoms with Crippen LogP contribution in [0.15, 0.2) is 30.5 Å². The molecule has 1 aliphatic heterocycles. The number of hydrogen-bond acceptors (Lipinski definition) is 6. The maximum absolute atomic E-state index is 5.79. The van der Waals surface area contributed by atoms with Crippen LogP contribution in [0.5, 0.6) is 5.75 Å². The summed E-state index contributed by atoms with van der Waals surface area (Å²) in [5.41, 5.74) is 7.57. The van der Waals surface area contributed by atoms with Gasteiger partial charge in [-0.15, -0.1) is 0 Å². The van der Waals surface area contributed by atoms with Crippen LogP contribution in [-0.4, -0.2) is 41.1 Å². The minimum absolute atomic E-state index is 0.490. The molecule has 122 valence electrons. The summed E-state index contributed by atoms with van der Waals surface area (Å²) in [6.07, 6.45) is 4.33. The Morgan fingerprint density at radius 3 is 2.65 bits per heavy atom. The Kier molecular flexibility index (Phi) is 4.92. The molecular weight excluding hydrogens is 290 g/mol.